The molecule has 0 aliphatic heterocycles. The molecule has 5 N–H and O–H groups in total. The first kappa shape index (κ1) is 24.5. The minimum absolute atomic E-state index is 0.0147. The van der Waals surface area contributed by atoms with Crippen molar-refractivity contribution in [3.63, 3.8) is 0 Å². The number of methoxy groups -OCH3 is 1. The summed E-state index contributed by atoms with van der Waals surface area (Å²) in [5.41, 5.74) is 5.72. The van der Waals surface area contributed by atoms with Crippen LogP contribution in [-0.2, 0) is 36.8 Å². The number of carbonyl (C=O) groups is 4. The highest BCUT2D eigenvalue weighted by molar-refractivity contribution is 5.86. The van der Waals surface area contributed by atoms with Gasteiger partial charge >= 0.3 is 17.9 Å². The van der Waals surface area contributed by atoms with Gasteiger partial charge in [0, 0.05) is 12.8 Å². The number of carboxylic acid groups (broad SMARTS) is 2. The molecule has 0 aliphatic carbocycles. The summed E-state index contributed by atoms with van der Waals surface area (Å²) in [5, 5.41) is 21.7. The molecule has 0 radical (unpaired) electrons. The fraction of sp³-hybridized carbons (Fsp3) is 0.304. The summed E-state index contributed by atoms with van der Waals surface area (Å²) in [7, 11) is 1.22. The lowest BCUT2D eigenvalue weighted by Crippen LogP contribution is -2.50. The molecule has 2 aromatic carbocycles. The third-order valence-electron chi connectivity index (χ3n) is 5.07. The van der Waals surface area contributed by atoms with Gasteiger partial charge in [-0.05, 0) is 23.1 Å². The van der Waals surface area contributed by atoms with Crippen molar-refractivity contribution in [2.24, 2.45) is 5.73 Å². The van der Waals surface area contributed by atoms with Gasteiger partial charge in [0.05, 0.1) is 13.5 Å². The Morgan fingerprint density at radius 2 is 1.66 bits per heavy atom. The quantitative estimate of drug-likeness (QED) is 0.381. The molecule has 0 spiro atoms. The van der Waals surface area contributed by atoms with E-state index in [-0.39, 0.29) is 31.2 Å². The van der Waals surface area contributed by atoms with E-state index in [2.05, 4.69) is 10.1 Å². The van der Waals surface area contributed by atoms with Crippen molar-refractivity contribution < 1.29 is 34.1 Å². The number of aliphatic carboxylic acids is 2. The Morgan fingerprint density at radius 1 is 1.03 bits per heavy atom. The number of benzene rings is 2. The van der Waals surface area contributed by atoms with Crippen LogP contribution in [0.2, 0.25) is 0 Å². The Bertz CT molecular complexity index is 977. The van der Waals surface area contributed by atoms with Crippen LogP contribution < -0.4 is 11.1 Å². The number of hydrogen-bond acceptors (Lipinski definition) is 6. The van der Waals surface area contributed by atoms with E-state index in [1.807, 2.05) is 0 Å². The molecule has 0 bridgehead atoms. The van der Waals surface area contributed by atoms with E-state index in [1.54, 1.807) is 48.5 Å². The van der Waals surface area contributed by atoms with Crippen molar-refractivity contribution >= 4 is 23.8 Å². The van der Waals surface area contributed by atoms with Gasteiger partial charge in [-0.2, -0.15) is 0 Å². The molecule has 0 saturated heterocycles. The largest absolute Gasteiger partial charge is 0.480 e. The van der Waals surface area contributed by atoms with Crippen molar-refractivity contribution in [3.8, 4) is 0 Å². The molecule has 2 atom stereocenters. The van der Waals surface area contributed by atoms with Crippen molar-refractivity contribution in [1.82, 2.24) is 5.32 Å². The lowest BCUT2D eigenvalue weighted by molar-refractivity contribution is -0.145. The fourth-order valence-electron chi connectivity index (χ4n) is 3.28. The molecule has 170 valence electrons. The van der Waals surface area contributed by atoms with E-state index in [9.17, 15) is 29.4 Å². The van der Waals surface area contributed by atoms with Crippen LogP contribution >= 0.6 is 0 Å². The molecule has 0 unspecified atom stereocenters. The van der Waals surface area contributed by atoms with Gasteiger partial charge in [0.25, 0.3) is 0 Å². The number of nitrogens with two attached hydrogens (primary N) is 1. The minimum Gasteiger partial charge on any atom is -0.480 e. The number of ether oxygens (including phenoxy) is 1. The maximum absolute atomic E-state index is 12.5. The predicted octanol–water partition coefficient (Wildman–Crippen LogP) is 1.45. The van der Waals surface area contributed by atoms with Crippen LogP contribution in [0.5, 0.6) is 0 Å². The summed E-state index contributed by atoms with van der Waals surface area (Å²) in [6.07, 6.45) is -0.632. The Balaban J connectivity index is 2.13. The number of rotatable bonds is 11. The molecule has 2 aromatic rings. The highest BCUT2D eigenvalue weighted by atomic mass is 16.5. The third kappa shape index (κ3) is 6.64. The molecule has 0 saturated carbocycles. The number of hydrogen-bond donors (Lipinski definition) is 4. The molecule has 0 heterocycles. The first-order valence-electron chi connectivity index (χ1n) is 9.89. The van der Waals surface area contributed by atoms with Crippen molar-refractivity contribution in [2.45, 2.75) is 37.3 Å². The van der Waals surface area contributed by atoms with Crippen LogP contribution in [0.1, 0.15) is 35.6 Å². The second kappa shape index (κ2) is 11.1. The average molecular weight is 442 g/mol. The third-order valence-corrected chi connectivity index (χ3v) is 5.07. The first-order chi connectivity index (χ1) is 15.2. The smallest absolute Gasteiger partial charge is 0.330 e. The summed E-state index contributed by atoms with van der Waals surface area (Å²) in [6.45, 7) is 0. The van der Waals surface area contributed by atoms with Crippen molar-refractivity contribution in [2.75, 3.05) is 7.11 Å². The Labute approximate surface area is 185 Å². The molecule has 32 heavy (non-hydrogen) atoms. The van der Waals surface area contributed by atoms with Crippen LogP contribution in [0.4, 0.5) is 0 Å². The summed E-state index contributed by atoms with van der Waals surface area (Å²) >= 11 is 0. The van der Waals surface area contributed by atoms with Crippen LogP contribution in [0.3, 0.4) is 0 Å². The molecule has 9 nitrogen and oxygen atoms in total. The standard InChI is InChI=1S/C23H26N2O7/c1-32-19(27)13-16-9-5-6-10-17(16)20(21(28)29)25-18(26)11-12-23(24,22(30)31)14-15-7-3-2-4-8-15/h2-10,20H,11-14,24H2,1H3,(H,25,26)(H,28,29)(H,30,31)/t20-,23-/m1/s1. The first-order valence-corrected chi connectivity index (χ1v) is 9.89. The SMILES string of the molecule is COC(=O)Cc1ccccc1[C@@H](NC(=O)CC[C@@](N)(Cc1ccccc1)C(=O)O)C(=O)O. The normalized spacial score (nSPS) is 13.4. The Hall–Kier alpha value is -3.72. The van der Waals surface area contributed by atoms with Gasteiger partial charge in [0.15, 0.2) is 6.04 Å². The second-order valence-electron chi connectivity index (χ2n) is 7.41. The van der Waals surface area contributed by atoms with Crippen LogP contribution in [-0.4, -0.2) is 46.7 Å². The van der Waals surface area contributed by atoms with Crippen LogP contribution in [0.15, 0.2) is 54.6 Å². The number of carbonyl (C=O) groups excluding carboxylic acids is 2. The van der Waals surface area contributed by atoms with E-state index in [0.29, 0.717) is 11.1 Å². The van der Waals surface area contributed by atoms with E-state index < -0.39 is 35.4 Å². The highest BCUT2D eigenvalue weighted by Gasteiger charge is 2.35. The second-order valence-corrected chi connectivity index (χ2v) is 7.41. The minimum atomic E-state index is -1.69. The lowest BCUT2D eigenvalue weighted by atomic mass is 9.87. The summed E-state index contributed by atoms with van der Waals surface area (Å²) < 4.78 is 4.63. The summed E-state index contributed by atoms with van der Waals surface area (Å²) in [5.74, 6) is -3.80. The van der Waals surface area contributed by atoms with Crippen molar-refractivity contribution in [1.29, 1.82) is 0 Å². The average Bonchev–Trinajstić information content (AvgIpc) is 2.77. The Morgan fingerprint density at radius 3 is 2.25 bits per heavy atom. The highest BCUT2D eigenvalue weighted by Crippen LogP contribution is 2.21. The molecule has 1 amide bonds. The molecule has 9 heteroatoms. The number of esters is 1. The summed E-state index contributed by atoms with van der Waals surface area (Å²) in [4.78, 5) is 47.8. The zero-order chi connectivity index (χ0) is 23.7. The van der Waals surface area contributed by atoms with E-state index in [1.165, 1.54) is 13.2 Å². The van der Waals surface area contributed by atoms with Crippen LogP contribution in [0, 0.1) is 0 Å². The maximum Gasteiger partial charge on any atom is 0.330 e. The molecule has 0 aromatic heterocycles. The molecule has 0 fully saturated rings. The van der Waals surface area contributed by atoms with Gasteiger partial charge in [-0.1, -0.05) is 54.6 Å². The van der Waals surface area contributed by atoms with Gasteiger partial charge in [-0.3, -0.25) is 14.4 Å². The maximum atomic E-state index is 12.5. The predicted molar refractivity (Wildman–Crippen MR) is 115 cm³/mol. The molecule has 2 rings (SSSR count). The molecule has 0 aliphatic rings. The topological polar surface area (TPSA) is 156 Å². The number of carboxylic acids is 2. The zero-order valence-corrected chi connectivity index (χ0v) is 17.6. The van der Waals surface area contributed by atoms with Crippen molar-refractivity contribution in [3.05, 3.63) is 71.3 Å². The van der Waals surface area contributed by atoms with Gasteiger partial charge in [0.2, 0.25) is 5.91 Å². The fourth-order valence-corrected chi connectivity index (χ4v) is 3.28. The summed E-state index contributed by atoms with van der Waals surface area (Å²) in [6, 6.07) is 13.7. The Kier molecular flexibility index (Phi) is 8.48. The van der Waals surface area contributed by atoms with Gasteiger partial charge in [-0.15, -0.1) is 0 Å². The molecular weight excluding hydrogens is 416 g/mol. The van der Waals surface area contributed by atoms with Gasteiger partial charge < -0.3 is 26.0 Å². The zero-order valence-electron chi connectivity index (χ0n) is 17.6. The van der Waals surface area contributed by atoms with E-state index in [4.69, 9.17) is 5.73 Å². The van der Waals surface area contributed by atoms with Crippen LogP contribution in [0.25, 0.3) is 0 Å². The van der Waals surface area contributed by atoms with E-state index >= 15 is 0 Å². The van der Waals surface area contributed by atoms with Gasteiger partial charge in [-0.25, -0.2) is 4.79 Å². The van der Waals surface area contributed by atoms with E-state index in [0.717, 1.165) is 0 Å². The van der Waals surface area contributed by atoms with Gasteiger partial charge in [0.1, 0.15) is 5.54 Å². The monoisotopic (exact) mass is 442 g/mol. The number of nitrogens with one attached hydrogen (secondary N) is 1. The molecular formula is C23H26N2O7. The lowest BCUT2D eigenvalue weighted by Gasteiger charge is -2.25. The number of amides is 1.